The smallest absolute Gasteiger partial charge is 0.160 e. The highest BCUT2D eigenvalue weighted by atomic mass is 19.1. The summed E-state index contributed by atoms with van der Waals surface area (Å²) < 4.78 is 15.5. The topological polar surface area (TPSA) is 34.9 Å². The fourth-order valence-corrected chi connectivity index (χ4v) is 2.55. The van der Waals surface area contributed by atoms with Crippen LogP contribution >= 0.6 is 0 Å². The summed E-state index contributed by atoms with van der Waals surface area (Å²) in [4.78, 5) is 11.8. The molecule has 0 bridgehead atoms. The van der Waals surface area contributed by atoms with Crippen molar-refractivity contribution in [3.8, 4) is 11.1 Å². The van der Waals surface area contributed by atoms with E-state index >= 15 is 0 Å². The van der Waals surface area contributed by atoms with E-state index in [9.17, 15) is 9.18 Å². The minimum atomic E-state index is -0.341. The Morgan fingerprint density at radius 2 is 2.05 bits per heavy atom. The second-order valence-electron chi connectivity index (χ2n) is 5.02. The molecule has 0 aliphatic heterocycles. The lowest BCUT2D eigenvalue weighted by Gasteiger charge is -2.09. The number of benzene rings is 1. The van der Waals surface area contributed by atoms with Gasteiger partial charge < -0.3 is 0 Å². The van der Waals surface area contributed by atoms with Crippen LogP contribution in [-0.4, -0.2) is 15.6 Å². The molecular weight excluding hydrogens is 255 g/mol. The number of carbonyl (C=O) groups is 1. The minimum Gasteiger partial charge on any atom is -0.294 e. The van der Waals surface area contributed by atoms with Crippen molar-refractivity contribution in [1.29, 1.82) is 0 Å². The molecule has 106 valence electrons. The first kappa shape index (κ1) is 14.4. The first-order chi connectivity index (χ1) is 9.45. The van der Waals surface area contributed by atoms with Crippen LogP contribution in [0.3, 0.4) is 0 Å². The van der Waals surface area contributed by atoms with Crippen molar-refractivity contribution in [3.63, 3.8) is 0 Å². The number of halogens is 1. The summed E-state index contributed by atoms with van der Waals surface area (Å²) in [6.07, 6.45) is 0.976. The molecule has 3 nitrogen and oxygen atoms in total. The SMILES string of the molecule is CCCn1nc(C)c(-c2cc(F)ccc2C(C)=O)c1C. The van der Waals surface area contributed by atoms with Gasteiger partial charge in [-0.15, -0.1) is 0 Å². The van der Waals surface area contributed by atoms with Gasteiger partial charge in [-0.25, -0.2) is 4.39 Å². The highest BCUT2D eigenvalue weighted by molar-refractivity contribution is 6.01. The van der Waals surface area contributed by atoms with Crippen molar-refractivity contribution in [3.05, 3.63) is 41.0 Å². The zero-order chi connectivity index (χ0) is 14.9. The predicted molar refractivity (Wildman–Crippen MR) is 77.4 cm³/mol. The fourth-order valence-electron chi connectivity index (χ4n) is 2.55. The third-order valence-electron chi connectivity index (χ3n) is 3.45. The van der Waals surface area contributed by atoms with Gasteiger partial charge in [0, 0.05) is 23.4 Å². The van der Waals surface area contributed by atoms with Gasteiger partial charge in [0.1, 0.15) is 5.82 Å². The predicted octanol–water partition coefficient (Wildman–Crippen LogP) is 3.92. The van der Waals surface area contributed by atoms with E-state index in [1.807, 2.05) is 18.5 Å². The molecule has 0 amide bonds. The molecule has 0 aliphatic rings. The van der Waals surface area contributed by atoms with E-state index in [0.29, 0.717) is 11.1 Å². The van der Waals surface area contributed by atoms with Crippen molar-refractivity contribution in [2.75, 3.05) is 0 Å². The fraction of sp³-hybridized carbons (Fsp3) is 0.375. The van der Waals surface area contributed by atoms with Gasteiger partial charge in [-0.1, -0.05) is 6.92 Å². The number of ketones is 1. The number of nitrogens with zero attached hydrogens (tertiary/aromatic N) is 2. The van der Waals surface area contributed by atoms with E-state index in [4.69, 9.17) is 0 Å². The number of carbonyl (C=O) groups excluding carboxylic acids is 1. The maximum absolute atomic E-state index is 13.6. The zero-order valence-electron chi connectivity index (χ0n) is 12.3. The standard InChI is InChI=1S/C16H19FN2O/c1-5-8-19-11(3)16(10(2)18-19)15-9-13(17)6-7-14(15)12(4)20/h6-7,9H,5,8H2,1-4H3. The van der Waals surface area contributed by atoms with E-state index in [1.165, 1.54) is 19.1 Å². The van der Waals surface area contributed by atoms with Crippen molar-refractivity contribution in [2.24, 2.45) is 0 Å². The van der Waals surface area contributed by atoms with Crippen LogP contribution in [0.15, 0.2) is 18.2 Å². The van der Waals surface area contributed by atoms with Crippen molar-refractivity contribution >= 4 is 5.78 Å². The van der Waals surface area contributed by atoms with Gasteiger partial charge in [0.2, 0.25) is 0 Å². The summed E-state index contributed by atoms with van der Waals surface area (Å²) in [7, 11) is 0. The van der Waals surface area contributed by atoms with E-state index < -0.39 is 0 Å². The van der Waals surface area contributed by atoms with Crippen LogP contribution in [0.5, 0.6) is 0 Å². The van der Waals surface area contributed by atoms with Gasteiger partial charge in [0.15, 0.2) is 5.78 Å². The quantitative estimate of drug-likeness (QED) is 0.792. The Morgan fingerprint density at radius 3 is 2.65 bits per heavy atom. The number of hydrogen-bond donors (Lipinski definition) is 0. The normalized spacial score (nSPS) is 10.8. The highest BCUT2D eigenvalue weighted by Gasteiger charge is 2.18. The minimum absolute atomic E-state index is 0.0676. The molecule has 0 spiro atoms. The molecule has 0 saturated carbocycles. The second-order valence-corrected chi connectivity index (χ2v) is 5.02. The van der Waals surface area contributed by atoms with Crippen LogP contribution in [0.25, 0.3) is 11.1 Å². The first-order valence-corrected chi connectivity index (χ1v) is 6.80. The molecule has 1 aromatic carbocycles. The van der Waals surface area contributed by atoms with Gasteiger partial charge in [0.05, 0.1) is 5.69 Å². The summed E-state index contributed by atoms with van der Waals surface area (Å²) in [5, 5.41) is 4.49. The van der Waals surface area contributed by atoms with Gasteiger partial charge in [-0.3, -0.25) is 9.48 Å². The van der Waals surface area contributed by atoms with Crippen LogP contribution < -0.4 is 0 Å². The molecule has 0 radical (unpaired) electrons. The number of aryl methyl sites for hydroxylation is 2. The molecule has 4 heteroatoms. The van der Waals surface area contributed by atoms with Crippen LogP contribution in [0.4, 0.5) is 4.39 Å². The number of aromatic nitrogens is 2. The Hall–Kier alpha value is -1.97. The Kier molecular flexibility index (Phi) is 4.02. The molecule has 0 fully saturated rings. The van der Waals surface area contributed by atoms with Crippen LogP contribution in [0.1, 0.15) is 42.0 Å². The number of hydrogen-bond acceptors (Lipinski definition) is 2. The van der Waals surface area contributed by atoms with Gasteiger partial charge in [0.25, 0.3) is 0 Å². The maximum Gasteiger partial charge on any atom is 0.160 e. The Bertz CT molecular complexity index is 659. The molecule has 0 unspecified atom stereocenters. The van der Waals surface area contributed by atoms with E-state index in [-0.39, 0.29) is 11.6 Å². The lowest BCUT2D eigenvalue weighted by molar-refractivity contribution is 0.101. The second kappa shape index (κ2) is 5.57. The molecule has 2 rings (SSSR count). The third kappa shape index (κ3) is 2.50. The largest absolute Gasteiger partial charge is 0.294 e. The molecule has 1 aromatic heterocycles. The molecule has 0 saturated heterocycles. The molecule has 20 heavy (non-hydrogen) atoms. The first-order valence-electron chi connectivity index (χ1n) is 6.80. The summed E-state index contributed by atoms with van der Waals surface area (Å²) in [5.41, 5.74) is 3.83. The van der Waals surface area contributed by atoms with Crippen molar-refractivity contribution in [1.82, 2.24) is 9.78 Å². The highest BCUT2D eigenvalue weighted by Crippen LogP contribution is 2.31. The Balaban J connectivity index is 2.68. The Morgan fingerprint density at radius 1 is 1.35 bits per heavy atom. The lowest BCUT2D eigenvalue weighted by Crippen LogP contribution is -2.02. The van der Waals surface area contributed by atoms with Crippen LogP contribution in [0.2, 0.25) is 0 Å². The van der Waals surface area contributed by atoms with Crippen LogP contribution in [0, 0.1) is 19.7 Å². The van der Waals surface area contributed by atoms with Crippen molar-refractivity contribution < 1.29 is 9.18 Å². The molecule has 1 heterocycles. The van der Waals surface area contributed by atoms with E-state index in [1.54, 1.807) is 6.07 Å². The van der Waals surface area contributed by atoms with Gasteiger partial charge >= 0.3 is 0 Å². The molecule has 0 atom stereocenters. The van der Waals surface area contributed by atoms with E-state index in [0.717, 1.165) is 29.9 Å². The monoisotopic (exact) mass is 274 g/mol. The summed E-state index contributed by atoms with van der Waals surface area (Å²) in [6, 6.07) is 4.29. The van der Waals surface area contributed by atoms with Gasteiger partial charge in [-0.05, 0) is 51.0 Å². The van der Waals surface area contributed by atoms with Crippen LogP contribution in [-0.2, 0) is 6.54 Å². The molecule has 0 N–H and O–H groups in total. The zero-order valence-corrected chi connectivity index (χ0v) is 12.3. The average Bonchev–Trinajstić information content (AvgIpc) is 2.64. The molecule has 0 aliphatic carbocycles. The third-order valence-corrected chi connectivity index (χ3v) is 3.45. The van der Waals surface area contributed by atoms with Gasteiger partial charge in [-0.2, -0.15) is 5.10 Å². The lowest BCUT2D eigenvalue weighted by atomic mass is 9.96. The summed E-state index contributed by atoms with van der Waals surface area (Å²) >= 11 is 0. The number of Topliss-reactive ketones (excluding diaryl/α,β-unsaturated/α-hetero) is 1. The van der Waals surface area contributed by atoms with E-state index in [2.05, 4.69) is 12.0 Å². The van der Waals surface area contributed by atoms with Crippen molar-refractivity contribution in [2.45, 2.75) is 40.7 Å². The molecule has 2 aromatic rings. The molecular formula is C16H19FN2O. The Labute approximate surface area is 118 Å². The number of rotatable bonds is 4. The average molecular weight is 274 g/mol. The summed E-state index contributed by atoms with van der Waals surface area (Å²) in [6.45, 7) is 8.25. The maximum atomic E-state index is 13.6. The summed E-state index contributed by atoms with van der Waals surface area (Å²) in [5.74, 6) is -0.408.